The quantitative estimate of drug-likeness (QED) is 0.756. The first-order chi connectivity index (χ1) is 6.70. The molecule has 1 unspecified atom stereocenters. The average molecular weight is 195 g/mol. The van der Waals surface area contributed by atoms with Gasteiger partial charge in [-0.25, -0.2) is 4.98 Å². The van der Waals surface area contributed by atoms with Gasteiger partial charge in [0, 0.05) is 24.4 Å². The summed E-state index contributed by atoms with van der Waals surface area (Å²) in [5, 5.41) is 3.45. The summed E-state index contributed by atoms with van der Waals surface area (Å²) in [6.07, 6.45) is 3.63. The summed E-state index contributed by atoms with van der Waals surface area (Å²) in [4.78, 5) is 7.32. The van der Waals surface area contributed by atoms with Crippen LogP contribution in [0.15, 0.2) is 12.4 Å². The summed E-state index contributed by atoms with van der Waals surface area (Å²) < 4.78 is 5.20. The lowest BCUT2D eigenvalue weighted by Crippen LogP contribution is -2.47. The highest BCUT2D eigenvalue weighted by atomic mass is 16.5. The first kappa shape index (κ1) is 9.68. The molecule has 0 radical (unpaired) electrons. The second-order valence-corrected chi connectivity index (χ2v) is 4.38. The van der Waals surface area contributed by atoms with Crippen molar-refractivity contribution >= 4 is 0 Å². The van der Waals surface area contributed by atoms with Crippen molar-refractivity contribution in [2.45, 2.75) is 19.9 Å². The summed E-state index contributed by atoms with van der Waals surface area (Å²) in [7, 11) is 0. The Hall–Kier alpha value is -0.870. The first-order valence-electron chi connectivity index (χ1n) is 5.00. The van der Waals surface area contributed by atoms with Crippen LogP contribution in [-0.2, 0) is 4.74 Å². The summed E-state index contributed by atoms with van der Waals surface area (Å²) in [5.74, 6) is 0.994. The van der Waals surface area contributed by atoms with Crippen LogP contribution in [0, 0.1) is 5.41 Å². The van der Waals surface area contributed by atoms with Gasteiger partial charge in [-0.3, -0.25) is 0 Å². The molecular formula is C10H17N3O. The van der Waals surface area contributed by atoms with Crippen molar-refractivity contribution in [3.05, 3.63) is 18.2 Å². The zero-order chi connectivity index (χ0) is 10.0. The van der Waals surface area contributed by atoms with Gasteiger partial charge in [0.15, 0.2) is 0 Å². The number of hydrogen-bond acceptors (Lipinski definition) is 3. The number of nitrogens with one attached hydrogen (secondary N) is 2. The van der Waals surface area contributed by atoms with E-state index in [0.29, 0.717) is 5.41 Å². The summed E-state index contributed by atoms with van der Waals surface area (Å²) in [6, 6.07) is 0.280. The third-order valence-electron chi connectivity index (χ3n) is 2.67. The van der Waals surface area contributed by atoms with E-state index in [2.05, 4.69) is 29.1 Å². The SMILES string of the molecule is CC(NCC1(C)COC1)c1ncc[nH]1. The van der Waals surface area contributed by atoms with Crippen molar-refractivity contribution in [2.75, 3.05) is 19.8 Å². The van der Waals surface area contributed by atoms with Gasteiger partial charge in [-0.1, -0.05) is 6.92 Å². The van der Waals surface area contributed by atoms with Crippen molar-refractivity contribution in [3.63, 3.8) is 0 Å². The van der Waals surface area contributed by atoms with Gasteiger partial charge in [-0.2, -0.15) is 0 Å². The molecule has 4 nitrogen and oxygen atoms in total. The van der Waals surface area contributed by atoms with Crippen LogP contribution in [0.4, 0.5) is 0 Å². The van der Waals surface area contributed by atoms with Crippen LogP contribution < -0.4 is 5.32 Å². The number of aromatic amines is 1. The van der Waals surface area contributed by atoms with E-state index >= 15 is 0 Å². The van der Waals surface area contributed by atoms with E-state index in [1.165, 1.54) is 0 Å². The highest BCUT2D eigenvalue weighted by Gasteiger charge is 2.33. The van der Waals surface area contributed by atoms with Crippen molar-refractivity contribution < 1.29 is 4.74 Å². The van der Waals surface area contributed by atoms with Gasteiger partial charge in [0.05, 0.1) is 19.3 Å². The third-order valence-corrected chi connectivity index (χ3v) is 2.67. The van der Waals surface area contributed by atoms with Crippen LogP contribution in [0.3, 0.4) is 0 Å². The van der Waals surface area contributed by atoms with Crippen molar-refractivity contribution in [1.82, 2.24) is 15.3 Å². The molecule has 2 heterocycles. The lowest BCUT2D eigenvalue weighted by Gasteiger charge is -2.38. The molecule has 1 aromatic heterocycles. The molecule has 2 rings (SSSR count). The fraction of sp³-hybridized carbons (Fsp3) is 0.700. The van der Waals surface area contributed by atoms with Crippen LogP contribution >= 0.6 is 0 Å². The predicted octanol–water partition coefficient (Wildman–Crippen LogP) is 1.10. The maximum atomic E-state index is 5.20. The number of ether oxygens (including phenoxy) is 1. The summed E-state index contributed by atoms with van der Waals surface area (Å²) >= 11 is 0. The molecule has 0 aromatic carbocycles. The Balaban J connectivity index is 1.80. The Labute approximate surface area is 84.1 Å². The standard InChI is InChI=1S/C10H17N3O/c1-8(9-11-3-4-12-9)13-5-10(2)6-14-7-10/h3-4,8,13H,5-7H2,1-2H3,(H,11,12). The van der Waals surface area contributed by atoms with Crippen LogP contribution in [0.25, 0.3) is 0 Å². The molecule has 0 saturated carbocycles. The molecular weight excluding hydrogens is 178 g/mol. The molecule has 14 heavy (non-hydrogen) atoms. The molecule has 4 heteroatoms. The largest absolute Gasteiger partial charge is 0.380 e. The molecule has 0 bridgehead atoms. The van der Waals surface area contributed by atoms with Crippen LogP contribution in [0.2, 0.25) is 0 Å². The van der Waals surface area contributed by atoms with E-state index in [1.807, 2.05) is 6.20 Å². The van der Waals surface area contributed by atoms with E-state index in [-0.39, 0.29) is 6.04 Å². The maximum Gasteiger partial charge on any atom is 0.122 e. The maximum absolute atomic E-state index is 5.20. The van der Waals surface area contributed by atoms with Crippen molar-refractivity contribution in [3.8, 4) is 0 Å². The highest BCUT2D eigenvalue weighted by molar-refractivity contribution is 4.95. The van der Waals surface area contributed by atoms with Gasteiger partial charge < -0.3 is 15.0 Å². The number of imidazole rings is 1. The molecule has 1 aliphatic rings. The molecule has 0 spiro atoms. The second-order valence-electron chi connectivity index (χ2n) is 4.38. The van der Waals surface area contributed by atoms with Gasteiger partial charge in [0.25, 0.3) is 0 Å². The molecule has 1 aliphatic heterocycles. The molecule has 0 amide bonds. The average Bonchev–Trinajstić information content (AvgIpc) is 2.63. The normalized spacial score (nSPS) is 21.6. The zero-order valence-corrected chi connectivity index (χ0v) is 8.71. The first-order valence-corrected chi connectivity index (χ1v) is 5.00. The summed E-state index contributed by atoms with van der Waals surface area (Å²) in [5.41, 5.74) is 0.320. The minimum Gasteiger partial charge on any atom is -0.380 e. The number of aromatic nitrogens is 2. The Bertz CT molecular complexity index is 280. The predicted molar refractivity (Wildman–Crippen MR) is 53.9 cm³/mol. The lowest BCUT2D eigenvalue weighted by molar-refractivity contribution is -0.0999. The fourth-order valence-corrected chi connectivity index (χ4v) is 1.56. The third kappa shape index (κ3) is 1.96. The molecule has 1 atom stereocenters. The zero-order valence-electron chi connectivity index (χ0n) is 8.71. The molecule has 1 aromatic rings. The van der Waals surface area contributed by atoms with E-state index in [1.54, 1.807) is 6.20 Å². The number of H-pyrrole nitrogens is 1. The molecule has 78 valence electrons. The van der Waals surface area contributed by atoms with E-state index in [4.69, 9.17) is 4.74 Å². The van der Waals surface area contributed by atoms with Crippen LogP contribution in [0.5, 0.6) is 0 Å². The van der Waals surface area contributed by atoms with Crippen molar-refractivity contribution in [1.29, 1.82) is 0 Å². The topological polar surface area (TPSA) is 49.9 Å². The van der Waals surface area contributed by atoms with Gasteiger partial charge >= 0.3 is 0 Å². The molecule has 2 N–H and O–H groups in total. The summed E-state index contributed by atoms with van der Waals surface area (Å²) in [6.45, 7) is 7.06. The van der Waals surface area contributed by atoms with Gasteiger partial charge in [-0.15, -0.1) is 0 Å². The van der Waals surface area contributed by atoms with E-state index < -0.39 is 0 Å². The van der Waals surface area contributed by atoms with Crippen LogP contribution in [-0.4, -0.2) is 29.7 Å². The molecule has 0 aliphatic carbocycles. The Morgan fingerprint density at radius 3 is 3.00 bits per heavy atom. The fourth-order valence-electron chi connectivity index (χ4n) is 1.56. The number of hydrogen-bond donors (Lipinski definition) is 2. The smallest absolute Gasteiger partial charge is 0.122 e. The number of nitrogens with zero attached hydrogens (tertiary/aromatic N) is 1. The van der Waals surface area contributed by atoms with E-state index in [0.717, 1.165) is 25.6 Å². The Morgan fingerprint density at radius 2 is 2.50 bits per heavy atom. The van der Waals surface area contributed by atoms with Gasteiger partial charge in [0.2, 0.25) is 0 Å². The van der Waals surface area contributed by atoms with E-state index in [9.17, 15) is 0 Å². The molecule has 1 fully saturated rings. The molecule has 1 saturated heterocycles. The Morgan fingerprint density at radius 1 is 1.71 bits per heavy atom. The monoisotopic (exact) mass is 195 g/mol. The minimum absolute atomic E-state index is 0.280. The lowest BCUT2D eigenvalue weighted by atomic mass is 9.88. The minimum atomic E-state index is 0.280. The number of rotatable bonds is 4. The van der Waals surface area contributed by atoms with Gasteiger partial charge in [0.1, 0.15) is 5.82 Å². The Kier molecular flexibility index (Phi) is 2.56. The van der Waals surface area contributed by atoms with Gasteiger partial charge in [-0.05, 0) is 6.92 Å². The van der Waals surface area contributed by atoms with Crippen LogP contribution in [0.1, 0.15) is 25.7 Å². The van der Waals surface area contributed by atoms with Crippen molar-refractivity contribution in [2.24, 2.45) is 5.41 Å². The highest BCUT2D eigenvalue weighted by Crippen LogP contribution is 2.25. The second kappa shape index (κ2) is 3.71.